The van der Waals surface area contributed by atoms with E-state index >= 15 is 0 Å². The van der Waals surface area contributed by atoms with Crippen molar-refractivity contribution < 1.29 is 291 Å². The van der Waals surface area contributed by atoms with Crippen molar-refractivity contribution in [1.29, 1.82) is 0 Å². The number of carbonyl (C=O) groups is 6. The van der Waals surface area contributed by atoms with Crippen molar-refractivity contribution in [2.24, 2.45) is 11.8 Å². The Labute approximate surface area is 828 Å². The zero-order valence-corrected chi connectivity index (χ0v) is 79.4. The molecule has 0 aliphatic carbocycles. The molecule has 146 heavy (non-hydrogen) atoms. The fourth-order valence-electron chi connectivity index (χ4n) is 19.2. The summed E-state index contributed by atoms with van der Waals surface area (Å²) < 4.78 is 137. The zero-order valence-electron chi connectivity index (χ0n) is 79.4. The third-order valence-electron chi connectivity index (χ3n) is 27.3. The average molecular weight is 2140 g/mol. The Kier molecular flexibility index (Phi) is 43.8. The molecular weight excluding hydrogens is 2000 g/mol. The average Bonchev–Trinajstić information content (AvgIpc) is 0.749. The summed E-state index contributed by atoms with van der Waals surface area (Å²) in [5.41, 5.74) is 0. The van der Waals surface area contributed by atoms with Gasteiger partial charge in [0.2, 0.25) is 23.6 Å². The summed E-state index contributed by atoms with van der Waals surface area (Å²) in [6.07, 6.45) is -106. The first kappa shape index (κ1) is 121. The van der Waals surface area contributed by atoms with Gasteiger partial charge in [0, 0.05) is 39.5 Å². The van der Waals surface area contributed by atoms with E-state index in [0.29, 0.717) is 0 Å². The van der Waals surface area contributed by atoms with Gasteiger partial charge in [-0.05, 0) is 6.92 Å². The molecule has 844 valence electrons. The van der Waals surface area contributed by atoms with Crippen LogP contribution in [0.25, 0.3) is 0 Å². The normalized spacial score (nSPS) is 47.5. The van der Waals surface area contributed by atoms with E-state index in [1.807, 2.05) is 0 Å². The van der Waals surface area contributed by atoms with Gasteiger partial charge in [0.15, 0.2) is 50.3 Å². The third-order valence-corrected chi connectivity index (χ3v) is 27.3. The molecule has 11 rings (SSSR count). The minimum absolute atomic E-state index is 0.207. The number of aliphatic hydroxyl groups is 30. The van der Waals surface area contributed by atoms with E-state index in [0.717, 1.165) is 27.7 Å². The van der Waals surface area contributed by atoms with Crippen molar-refractivity contribution in [3.63, 3.8) is 0 Å². The van der Waals surface area contributed by atoms with E-state index in [1.165, 1.54) is 20.8 Å². The Morgan fingerprint density at radius 1 is 0.315 bits per heavy atom. The van der Waals surface area contributed by atoms with Crippen molar-refractivity contribution in [3.8, 4) is 0 Å². The monoisotopic (exact) mass is 2130 g/mol. The fraction of sp³-hybridized carbons (Fsp3) is 0.928. The second kappa shape index (κ2) is 52.8. The number of aliphatic hydroxyl groups excluding tert-OH is 30. The molecule has 57 atom stereocenters. The summed E-state index contributed by atoms with van der Waals surface area (Å²) in [6, 6.07) is -7.40. The molecule has 11 saturated heterocycles. The maximum absolute atomic E-state index is 13.3. The van der Waals surface area contributed by atoms with Crippen LogP contribution in [0.2, 0.25) is 0 Å². The second-order valence-electron chi connectivity index (χ2n) is 37.4. The Morgan fingerprint density at radius 2 is 0.616 bits per heavy atom. The summed E-state index contributed by atoms with van der Waals surface area (Å²) in [4.78, 5) is 76.3. The van der Waals surface area contributed by atoms with Gasteiger partial charge in [-0.1, -0.05) is 13.8 Å². The lowest BCUT2D eigenvalue weighted by Gasteiger charge is -2.51. The predicted octanol–water partition coefficient (Wildman–Crippen LogP) is -22.3. The number of hydrogen-bond acceptors (Lipinski definition) is 59. The standard InChI is InChI=1S/C83H138N4O59/c1-23-30(103)8-82(126-21-97,144-64(23)47(107)32(105)10-88)125-20-42-51(111)58(118)61(121)77(136-42)138-67-38(16-94)134-76(46(56(67)116)87-29(7)102)143-73-60(120)50(110)35(13-91)131-81(73)141-70-53(113)41(135-78(62(70)122)139-68-39(17-95)132-74(44(55(68)115)85-27(5)100)137-66-37(15-93)128-25(3)43(54(66)114)84-26(4)99)19-124-80-72(59(119)49(109)34(12-90)130-80)142-75-45(86-28(6)101)57(117)69(40(18-96)133-75)140-79-63(123)71(52(112)36(14-92)129-79)146-83(127-22-98)9-31(104)24(2)65(145-83)48(108)33(106)11-89/h21-25,30-81,88-96,103-123H,8-20H2,1-7H3,(H,84,99)(H,85,100)(H,86,101)(H,87,102)/t23-,24-,25+,30?,31?,32-,33-,34?,35-,36?,37?,38?,39?,40?,41?,42?,43?,44?,45?,46?,47-,48-,49-,50-,51+,52+,53-,54-,55-,56-,57?,58+,59+,60?,61?,62?,63?,64?,65?,66-,67-,68-,69-,70+,71+,72?,73?,74+,75+,76+,77+,78+,79+,80+,81-,82+,83+/m1/s1. The van der Waals surface area contributed by atoms with Crippen LogP contribution in [0.15, 0.2) is 0 Å². The molecule has 11 heterocycles. The van der Waals surface area contributed by atoms with Crippen LogP contribution in [0.5, 0.6) is 0 Å². The van der Waals surface area contributed by atoms with E-state index in [4.69, 9.17) is 109 Å². The van der Waals surface area contributed by atoms with Crippen molar-refractivity contribution >= 4 is 36.6 Å². The Balaban J connectivity index is 0.896. The SMILES string of the molecule is CC(=O)NC1C(O)[C@H](O[C@@H]2OC(CO)[C@H](O)[C@H](O[C@]3(OC=O)CC(O)[C@@H](C)C([C@H](O)[C@H](O)CO)O3)C2O)C(CO)O[C@H]1OC1[C@@H](OCC2O[C@@H](O[C@@H]3C(CO)O[C@@H](O[C@@H]4C(CO)O[C@@H](C)C(NC(C)=O)[C@H]4O)C(NC(C)=O)[C@H]3O)C(O)[C@@H](O[C@H]3O[C@H](CO)[C@@H](O)C(O)C3O[C@@H]3OC(CO)[C@@H](O[C@@H]4OC(CO[C@]5(OC=O)CC(O)[C@@H](C)C([C@H](O)[C@H](O)CO)O5)[C@H](O)[C@H](O)C4O)[C@H](O)C3NC(C)=O)[C@@H]2O)OC(CO)[C@@H](O)[C@@H]1O. The summed E-state index contributed by atoms with van der Waals surface area (Å²) in [6.45, 7) is -5.30. The maximum Gasteiger partial charge on any atom is 0.332 e. The van der Waals surface area contributed by atoms with Crippen molar-refractivity contribution in [3.05, 3.63) is 0 Å². The molecular formula is C83H138N4O59. The number of ether oxygens (including phenoxy) is 23. The summed E-state index contributed by atoms with van der Waals surface area (Å²) >= 11 is 0. The molecule has 11 aliphatic heterocycles. The van der Waals surface area contributed by atoms with Gasteiger partial charge < -0.3 is 283 Å². The van der Waals surface area contributed by atoms with Crippen molar-refractivity contribution in [2.75, 3.05) is 72.7 Å². The molecule has 0 aromatic rings. The van der Waals surface area contributed by atoms with Gasteiger partial charge in [0.05, 0.1) is 122 Å². The van der Waals surface area contributed by atoms with Gasteiger partial charge in [-0.2, -0.15) is 0 Å². The summed E-state index contributed by atoms with van der Waals surface area (Å²) in [5.74, 6) is -11.5. The highest BCUT2D eigenvalue weighted by atomic mass is 16.9. The molecule has 11 aliphatic rings. The molecule has 34 N–H and O–H groups in total. The molecule has 63 nitrogen and oxygen atoms in total. The number of amides is 4. The van der Waals surface area contributed by atoms with Crippen LogP contribution in [0.3, 0.4) is 0 Å². The highest BCUT2D eigenvalue weighted by molar-refractivity contribution is 5.74. The molecule has 63 heteroatoms. The minimum atomic E-state index is -2.91. The van der Waals surface area contributed by atoms with Crippen LogP contribution in [0.1, 0.15) is 61.3 Å². The lowest BCUT2D eigenvalue weighted by atomic mass is 9.87. The van der Waals surface area contributed by atoms with Crippen LogP contribution >= 0.6 is 0 Å². The van der Waals surface area contributed by atoms with Crippen molar-refractivity contribution in [1.82, 2.24) is 21.3 Å². The van der Waals surface area contributed by atoms with Crippen LogP contribution in [-0.4, -0.2) is 599 Å². The lowest BCUT2D eigenvalue weighted by molar-refractivity contribution is -0.448. The number of carbonyl (C=O) groups excluding carboxylic acids is 6. The molecule has 4 amide bonds. The van der Waals surface area contributed by atoms with E-state index in [-0.39, 0.29) is 12.9 Å². The van der Waals surface area contributed by atoms with Crippen LogP contribution in [-0.2, 0) is 138 Å². The molecule has 23 unspecified atom stereocenters. The third kappa shape index (κ3) is 26.9. The molecule has 0 aromatic carbocycles. The van der Waals surface area contributed by atoms with Gasteiger partial charge in [-0.15, -0.1) is 0 Å². The molecule has 0 aromatic heterocycles. The number of nitrogens with one attached hydrogen (secondary N) is 4. The fourth-order valence-corrected chi connectivity index (χ4v) is 19.2. The first-order valence-corrected chi connectivity index (χ1v) is 46.9. The van der Waals surface area contributed by atoms with Gasteiger partial charge >= 0.3 is 11.9 Å². The van der Waals surface area contributed by atoms with Crippen LogP contribution < -0.4 is 21.3 Å². The van der Waals surface area contributed by atoms with Gasteiger partial charge in [-0.25, -0.2) is 0 Å². The highest BCUT2D eigenvalue weighted by Crippen LogP contribution is 2.45. The van der Waals surface area contributed by atoms with Gasteiger partial charge in [-0.3, -0.25) is 28.8 Å². The van der Waals surface area contributed by atoms with Gasteiger partial charge in [0.25, 0.3) is 12.9 Å². The van der Waals surface area contributed by atoms with Gasteiger partial charge in [0.1, 0.15) is 238 Å². The van der Waals surface area contributed by atoms with E-state index in [2.05, 4.69) is 21.3 Å². The Morgan fingerprint density at radius 3 is 1.03 bits per heavy atom. The largest absolute Gasteiger partial charge is 0.410 e. The zero-order chi connectivity index (χ0) is 108. The van der Waals surface area contributed by atoms with Crippen LogP contribution in [0, 0.1) is 11.8 Å². The maximum atomic E-state index is 13.3. The second-order valence-corrected chi connectivity index (χ2v) is 37.4. The first-order chi connectivity index (χ1) is 69.0. The molecule has 0 bridgehead atoms. The topological polar surface area (TPSA) is 970 Å². The molecule has 0 spiro atoms. The van der Waals surface area contributed by atoms with E-state index in [9.17, 15) is 182 Å². The Bertz CT molecular complexity index is 4070. The van der Waals surface area contributed by atoms with E-state index < -0.39 is 458 Å². The molecule has 0 radical (unpaired) electrons. The Hall–Kier alpha value is -5.22. The lowest BCUT2D eigenvalue weighted by Crippen LogP contribution is -2.71. The van der Waals surface area contributed by atoms with Crippen LogP contribution in [0.4, 0.5) is 0 Å². The quantitative estimate of drug-likeness (QED) is 0.0199. The number of hydrogen-bond donors (Lipinski definition) is 34. The molecule has 11 fully saturated rings. The highest BCUT2D eigenvalue weighted by Gasteiger charge is 2.65. The number of rotatable bonds is 43. The van der Waals surface area contributed by atoms with Crippen molar-refractivity contribution in [2.45, 2.75) is 398 Å². The predicted molar refractivity (Wildman–Crippen MR) is 452 cm³/mol. The first-order valence-electron chi connectivity index (χ1n) is 46.9. The minimum Gasteiger partial charge on any atom is -0.410 e. The van der Waals surface area contributed by atoms with E-state index in [1.54, 1.807) is 0 Å². The smallest absolute Gasteiger partial charge is 0.332 e. The molecule has 0 saturated carbocycles. The summed E-state index contributed by atoms with van der Waals surface area (Å²) in [5, 5.41) is 350. The summed E-state index contributed by atoms with van der Waals surface area (Å²) in [7, 11) is 0.